The van der Waals surface area contributed by atoms with Gasteiger partial charge in [-0.15, -0.1) is 0 Å². The summed E-state index contributed by atoms with van der Waals surface area (Å²) in [7, 11) is 0. The van der Waals surface area contributed by atoms with Crippen LogP contribution in [0, 0.1) is 19.7 Å². The number of rotatable bonds is 2. The molecule has 5 heteroatoms. The van der Waals surface area contributed by atoms with E-state index in [1.54, 1.807) is 19.9 Å². The van der Waals surface area contributed by atoms with Crippen LogP contribution in [0.2, 0.25) is 5.02 Å². The smallest absolute Gasteiger partial charge is 0.201 e. The van der Waals surface area contributed by atoms with Crippen LogP contribution >= 0.6 is 11.6 Å². The molecule has 108 valence electrons. The molecule has 0 unspecified atom stereocenters. The van der Waals surface area contributed by atoms with E-state index in [4.69, 9.17) is 17.3 Å². The summed E-state index contributed by atoms with van der Waals surface area (Å²) in [5, 5.41) is 0.626. The largest absolute Gasteiger partial charge is 0.369 e. The molecule has 0 saturated heterocycles. The van der Waals surface area contributed by atoms with Gasteiger partial charge in [-0.2, -0.15) is 0 Å². The molecule has 0 atom stereocenters. The van der Waals surface area contributed by atoms with Gasteiger partial charge < -0.3 is 10.3 Å². The minimum absolute atomic E-state index is 0.158. The highest BCUT2D eigenvalue weighted by molar-refractivity contribution is 6.31. The number of aromatic nitrogens is 2. The molecule has 0 saturated carbocycles. The van der Waals surface area contributed by atoms with E-state index in [1.807, 2.05) is 28.8 Å². The van der Waals surface area contributed by atoms with E-state index in [9.17, 15) is 4.39 Å². The van der Waals surface area contributed by atoms with Gasteiger partial charge in [-0.25, -0.2) is 9.37 Å². The fourth-order valence-corrected chi connectivity index (χ4v) is 2.76. The Morgan fingerprint density at radius 3 is 2.52 bits per heavy atom. The third kappa shape index (κ3) is 2.47. The van der Waals surface area contributed by atoms with Crippen LogP contribution in [0.3, 0.4) is 0 Å². The molecule has 0 radical (unpaired) electrons. The van der Waals surface area contributed by atoms with Crippen molar-refractivity contribution < 1.29 is 4.39 Å². The number of anilines is 1. The Kier molecular flexibility index (Phi) is 3.33. The molecule has 0 fully saturated rings. The molecule has 0 aliphatic rings. The van der Waals surface area contributed by atoms with Crippen LogP contribution in [0.25, 0.3) is 11.0 Å². The summed E-state index contributed by atoms with van der Waals surface area (Å²) in [6.07, 6.45) is 0. The van der Waals surface area contributed by atoms with Crippen molar-refractivity contribution in [2.24, 2.45) is 0 Å². The zero-order valence-corrected chi connectivity index (χ0v) is 12.6. The lowest BCUT2D eigenvalue weighted by atomic mass is 10.1. The minimum Gasteiger partial charge on any atom is -0.369 e. The van der Waals surface area contributed by atoms with E-state index < -0.39 is 0 Å². The highest BCUT2D eigenvalue weighted by Gasteiger charge is 2.11. The van der Waals surface area contributed by atoms with E-state index >= 15 is 0 Å². The summed E-state index contributed by atoms with van der Waals surface area (Å²) in [4.78, 5) is 4.31. The zero-order valence-electron chi connectivity index (χ0n) is 11.8. The van der Waals surface area contributed by atoms with Gasteiger partial charge in [0.2, 0.25) is 5.95 Å². The first kappa shape index (κ1) is 13.9. The van der Waals surface area contributed by atoms with Crippen molar-refractivity contribution in [1.82, 2.24) is 9.55 Å². The normalized spacial score (nSPS) is 11.2. The third-order valence-corrected chi connectivity index (χ3v) is 3.81. The molecule has 0 aliphatic carbocycles. The summed E-state index contributed by atoms with van der Waals surface area (Å²) < 4.78 is 15.6. The maximum atomic E-state index is 13.7. The number of nitrogens with zero attached hydrogens (tertiary/aromatic N) is 2. The fraction of sp³-hybridized carbons (Fsp3) is 0.188. The van der Waals surface area contributed by atoms with Crippen LogP contribution in [0.4, 0.5) is 10.3 Å². The number of nitrogens with two attached hydrogens (primary N) is 1. The number of halogens is 2. The van der Waals surface area contributed by atoms with Crippen molar-refractivity contribution in [1.29, 1.82) is 0 Å². The molecule has 3 aromatic rings. The monoisotopic (exact) mass is 303 g/mol. The second-order valence-corrected chi connectivity index (χ2v) is 5.67. The molecule has 0 aliphatic heterocycles. The zero-order chi connectivity index (χ0) is 15.1. The van der Waals surface area contributed by atoms with Crippen molar-refractivity contribution >= 4 is 28.6 Å². The Morgan fingerprint density at radius 1 is 1.19 bits per heavy atom. The first-order chi connectivity index (χ1) is 9.95. The lowest BCUT2D eigenvalue weighted by molar-refractivity contribution is 0.607. The molecule has 0 bridgehead atoms. The lowest BCUT2D eigenvalue weighted by Crippen LogP contribution is -2.05. The van der Waals surface area contributed by atoms with Crippen molar-refractivity contribution in [3.63, 3.8) is 0 Å². The Balaban J connectivity index is 2.08. The molecule has 0 amide bonds. The number of nitrogen functional groups attached to an aromatic ring is 1. The summed E-state index contributed by atoms with van der Waals surface area (Å²) in [6.45, 7) is 4.08. The molecular formula is C16H15ClFN3. The van der Waals surface area contributed by atoms with E-state index in [2.05, 4.69) is 4.98 Å². The van der Waals surface area contributed by atoms with Crippen LogP contribution in [-0.2, 0) is 6.54 Å². The average molecular weight is 304 g/mol. The quantitative estimate of drug-likeness (QED) is 0.775. The van der Waals surface area contributed by atoms with Gasteiger partial charge in [-0.1, -0.05) is 23.7 Å². The van der Waals surface area contributed by atoms with E-state index in [0.717, 1.165) is 16.6 Å². The molecule has 0 spiro atoms. The van der Waals surface area contributed by atoms with Crippen molar-refractivity contribution in [2.45, 2.75) is 20.4 Å². The lowest BCUT2D eigenvalue weighted by Gasteiger charge is -2.10. The predicted molar refractivity (Wildman–Crippen MR) is 84.1 cm³/mol. The SMILES string of the molecule is Cc1cc(Cn2c(N)nc3cc(Cl)ccc32)cc(C)c1F. The Hall–Kier alpha value is -2.07. The van der Waals surface area contributed by atoms with Crippen molar-refractivity contribution in [2.75, 3.05) is 5.73 Å². The highest BCUT2D eigenvalue weighted by atomic mass is 35.5. The molecule has 3 rings (SSSR count). The molecule has 1 heterocycles. The van der Waals surface area contributed by atoms with E-state index in [-0.39, 0.29) is 5.82 Å². The van der Waals surface area contributed by atoms with Gasteiger partial charge in [0.05, 0.1) is 17.6 Å². The molecule has 1 aromatic heterocycles. The van der Waals surface area contributed by atoms with Crippen LogP contribution in [0.5, 0.6) is 0 Å². The summed E-state index contributed by atoms with van der Waals surface area (Å²) in [5.41, 5.74) is 9.93. The van der Waals surface area contributed by atoms with Crippen LogP contribution < -0.4 is 5.73 Å². The number of benzene rings is 2. The van der Waals surface area contributed by atoms with Crippen LogP contribution in [0.1, 0.15) is 16.7 Å². The van der Waals surface area contributed by atoms with Crippen LogP contribution in [0.15, 0.2) is 30.3 Å². The molecular weight excluding hydrogens is 289 g/mol. The molecule has 21 heavy (non-hydrogen) atoms. The topological polar surface area (TPSA) is 43.8 Å². The minimum atomic E-state index is -0.158. The van der Waals surface area contributed by atoms with Gasteiger partial charge in [0.15, 0.2) is 0 Å². The standard InChI is InChI=1S/C16H15ClFN3/c1-9-5-11(6-10(2)15(9)18)8-21-14-4-3-12(17)7-13(14)20-16(21)19/h3-7H,8H2,1-2H3,(H2,19,20). The highest BCUT2D eigenvalue weighted by Crippen LogP contribution is 2.24. The Morgan fingerprint density at radius 2 is 1.86 bits per heavy atom. The fourth-order valence-electron chi connectivity index (χ4n) is 2.60. The van der Waals surface area contributed by atoms with Gasteiger partial charge in [-0.05, 0) is 48.7 Å². The van der Waals surface area contributed by atoms with Gasteiger partial charge >= 0.3 is 0 Å². The number of imidazole rings is 1. The van der Waals surface area contributed by atoms with Gasteiger partial charge in [0.25, 0.3) is 0 Å². The van der Waals surface area contributed by atoms with E-state index in [0.29, 0.717) is 28.6 Å². The number of hydrogen-bond donors (Lipinski definition) is 1. The number of aryl methyl sites for hydroxylation is 2. The Labute approximate surface area is 127 Å². The number of fused-ring (bicyclic) bond motifs is 1. The second-order valence-electron chi connectivity index (χ2n) is 5.23. The molecule has 3 nitrogen and oxygen atoms in total. The summed E-state index contributed by atoms with van der Waals surface area (Å²) >= 11 is 5.97. The third-order valence-electron chi connectivity index (χ3n) is 3.58. The Bertz CT molecular complexity index is 816. The average Bonchev–Trinajstić information content (AvgIpc) is 2.71. The first-order valence-electron chi connectivity index (χ1n) is 6.62. The first-order valence-corrected chi connectivity index (χ1v) is 7.00. The molecule has 2 aromatic carbocycles. The van der Waals surface area contributed by atoms with Gasteiger partial charge in [0, 0.05) is 5.02 Å². The second kappa shape index (κ2) is 5.04. The maximum Gasteiger partial charge on any atom is 0.201 e. The van der Waals surface area contributed by atoms with Crippen LogP contribution in [-0.4, -0.2) is 9.55 Å². The van der Waals surface area contributed by atoms with Crippen molar-refractivity contribution in [3.05, 3.63) is 57.9 Å². The predicted octanol–water partition coefficient (Wildman–Crippen LogP) is 4.08. The summed E-state index contributed by atoms with van der Waals surface area (Å²) in [5.74, 6) is 0.265. The number of hydrogen-bond acceptors (Lipinski definition) is 2. The van der Waals surface area contributed by atoms with Crippen molar-refractivity contribution in [3.8, 4) is 0 Å². The maximum absolute atomic E-state index is 13.7. The van der Waals surface area contributed by atoms with Gasteiger partial charge in [0.1, 0.15) is 5.82 Å². The van der Waals surface area contributed by atoms with E-state index in [1.165, 1.54) is 0 Å². The summed E-state index contributed by atoms with van der Waals surface area (Å²) in [6, 6.07) is 9.16. The molecule has 2 N–H and O–H groups in total. The van der Waals surface area contributed by atoms with Gasteiger partial charge in [-0.3, -0.25) is 0 Å².